The van der Waals surface area contributed by atoms with E-state index in [9.17, 15) is 14.7 Å². The molecule has 0 aromatic carbocycles. The van der Waals surface area contributed by atoms with Gasteiger partial charge < -0.3 is 15.7 Å². The summed E-state index contributed by atoms with van der Waals surface area (Å²) >= 11 is 0. The van der Waals surface area contributed by atoms with Crippen LogP contribution in [0.4, 0.5) is 0 Å². The fourth-order valence-corrected chi connectivity index (χ4v) is 4.58. The Hall–Kier alpha value is -1.22. The number of hydrogen-bond donors (Lipinski definition) is 5. The molecule has 0 spiro atoms. The summed E-state index contributed by atoms with van der Waals surface area (Å²) in [5.74, 6) is -0.865. The van der Waals surface area contributed by atoms with Gasteiger partial charge in [-0.25, -0.2) is 10.9 Å². The van der Waals surface area contributed by atoms with Crippen molar-refractivity contribution >= 4 is 11.9 Å². The topological polar surface area (TPSA) is 106 Å². The summed E-state index contributed by atoms with van der Waals surface area (Å²) in [6.45, 7) is 5.02. The van der Waals surface area contributed by atoms with Crippen LogP contribution in [-0.4, -0.2) is 59.9 Å². The Labute approximate surface area is 155 Å². The normalized spacial score (nSPS) is 36.0. The number of carbonyl (C=O) groups excluding carboxylic acids is 1. The van der Waals surface area contributed by atoms with Gasteiger partial charge >= 0.3 is 5.97 Å². The Morgan fingerprint density at radius 3 is 2.65 bits per heavy atom. The highest BCUT2D eigenvalue weighted by atomic mass is 16.4. The lowest BCUT2D eigenvalue weighted by Crippen LogP contribution is -2.62. The summed E-state index contributed by atoms with van der Waals surface area (Å²) in [4.78, 5) is 26.6. The van der Waals surface area contributed by atoms with Crippen molar-refractivity contribution in [3.05, 3.63) is 0 Å². The predicted octanol–water partition coefficient (Wildman–Crippen LogP) is 0.218. The van der Waals surface area contributed by atoms with Gasteiger partial charge in [0, 0.05) is 25.8 Å². The van der Waals surface area contributed by atoms with Crippen molar-refractivity contribution in [1.29, 1.82) is 0 Å². The van der Waals surface area contributed by atoms with Gasteiger partial charge in [0.15, 0.2) is 0 Å². The molecule has 2 saturated heterocycles. The number of nitrogens with one attached hydrogen (secondary N) is 4. The third-order valence-electron chi connectivity index (χ3n) is 6.10. The molecule has 3 fully saturated rings. The zero-order chi connectivity index (χ0) is 18.5. The molecule has 2 heterocycles. The third-order valence-corrected chi connectivity index (χ3v) is 6.10. The first-order valence-electron chi connectivity index (χ1n) is 10.1. The van der Waals surface area contributed by atoms with E-state index >= 15 is 0 Å². The Bertz CT molecular complexity index is 489. The number of carbonyl (C=O) groups is 2. The quantitative estimate of drug-likeness (QED) is 0.457. The van der Waals surface area contributed by atoms with Crippen LogP contribution in [0.3, 0.4) is 0 Å². The van der Waals surface area contributed by atoms with E-state index in [4.69, 9.17) is 0 Å². The van der Waals surface area contributed by atoms with Crippen molar-refractivity contribution in [1.82, 2.24) is 26.4 Å². The van der Waals surface area contributed by atoms with E-state index in [0.717, 1.165) is 58.3 Å². The maximum atomic E-state index is 12.6. The molecule has 1 saturated carbocycles. The second-order valence-electron chi connectivity index (χ2n) is 7.93. The Kier molecular flexibility index (Phi) is 6.86. The van der Waals surface area contributed by atoms with E-state index in [-0.39, 0.29) is 24.2 Å². The lowest BCUT2D eigenvalue weighted by molar-refractivity contribution is -0.145. The summed E-state index contributed by atoms with van der Waals surface area (Å²) in [5, 5.41) is 15.9. The maximum Gasteiger partial charge on any atom is 0.308 e. The number of amides is 1. The molecule has 148 valence electrons. The molecule has 8 heteroatoms. The molecule has 3 rings (SSSR count). The molecule has 5 unspecified atom stereocenters. The van der Waals surface area contributed by atoms with Crippen molar-refractivity contribution in [3.63, 3.8) is 0 Å². The Morgan fingerprint density at radius 2 is 2.04 bits per heavy atom. The van der Waals surface area contributed by atoms with Crippen LogP contribution < -0.4 is 21.5 Å². The van der Waals surface area contributed by atoms with Crippen molar-refractivity contribution < 1.29 is 14.7 Å². The zero-order valence-electron chi connectivity index (χ0n) is 15.7. The first-order chi connectivity index (χ1) is 12.6. The summed E-state index contributed by atoms with van der Waals surface area (Å²) < 4.78 is 0. The summed E-state index contributed by atoms with van der Waals surface area (Å²) in [7, 11) is 0. The minimum absolute atomic E-state index is 0.0827. The SMILES string of the molecule is CCCC1CCC(NC(=O)C2CCC(N3CCNC3)NN2)C(C(=O)O)C1. The highest BCUT2D eigenvalue weighted by molar-refractivity contribution is 5.83. The number of hydrogen-bond acceptors (Lipinski definition) is 6. The molecule has 0 aromatic rings. The van der Waals surface area contributed by atoms with Gasteiger partial charge in [0.05, 0.1) is 12.1 Å². The van der Waals surface area contributed by atoms with Gasteiger partial charge in [0.25, 0.3) is 0 Å². The number of nitrogens with zero attached hydrogens (tertiary/aromatic N) is 1. The van der Waals surface area contributed by atoms with E-state index in [1.807, 2.05) is 0 Å². The van der Waals surface area contributed by atoms with Crippen molar-refractivity contribution in [2.75, 3.05) is 19.8 Å². The molecule has 0 aromatic heterocycles. The van der Waals surface area contributed by atoms with Gasteiger partial charge in [0.2, 0.25) is 5.91 Å². The van der Waals surface area contributed by atoms with Crippen LogP contribution >= 0.6 is 0 Å². The van der Waals surface area contributed by atoms with Crippen LogP contribution in [0.25, 0.3) is 0 Å². The third kappa shape index (κ3) is 4.73. The molecule has 1 amide bonds. The number of rotatable bonds is 6. The molecule has 5 atom stereocenters. The highest BCUT2D eigenvalue weighted by Gasteiger charge is 2.37. The van der Waals surface area contributed by atoms with E-state index in [0.29, 0.717) is 12.3 Å². The number of aliphatic carboxylic acids is 1. The van der Waals surface area contributed by atoms with Crippen molar-refractivity contribution in [2.24, 2.45) is 11.8 Å². The van der Waals surface area contributed by atoms with E-state index < -0.39 is 11.9 Å². The van der Waals surface area contributed by atoms with Crippen LogP contribution in [0.2, 0.25) is 0 Å². The zero-order valence-corrected chi connectivity index (χ0v) is 15.7. The Balaban J connectivity index is 1.48. The molecule has 0 bridgehead atoms. The predicted molar refractivity (Wildman–Crippen MR) is 98.0 cm³/mol. The second kappa shape index (κ2) is 9.12. The van der Waals surface area contributed by atoms with E-state index in [1.54, 1.807) is 0 Å². The van der Waals surface area contributed by atoms with Gasteiger partial charge in [-0.3, -0.25) is 14.5 Å². The molecule has 5 N–H and O–H groups in total. The fourth-order valence-electron chi connectivity index (χ4n) is 4.58. The number of hydrazine groups is 1. The van der Waals surface area contributed by atoms with Gasteiger partial charge in [-0.05, 0) is 38.0 Å². The van der Waals surface area contributed by atoms with Crippen LogP contribution in [-0.2, 0) is 9.59 Å². The highest BCUT2D eigenvalue weighted by Crippen LogP contribution is 2.32. The molecule has 3 aliphatic rings. The first-order valence-corrected chi connectivity index (χ1v) is 10.1. The van der Waals surface area contributed by atoms with Crippen LogP contribution in [0.1, 0.15) is 51.9 Å². The first kappa shape index (κ1) is 19.5. The largest absolute Gasteiger partial charge is 0.481 e. The molecular formula is C18H33N5O3. The van der Waals surface area contributed by atoms with Gasteiger partial charge in [-0.2, -0.15) is 0 Å². The molecule has 8 nitrogen and oxygen atoms in total. The Morgan fingerprint density at radius 1 is 1.19 bits per heavy atom. The van der Waals surface area contributed by atoms with Crippen LogP contribution in [0.15, 0.2) is 0 Å². The van der Waals surface area contributed by atoms with Gasteiger partial charge in [-0.1, -0.05) is 19.8 Å². The monoisotopic (exact) mass is 367 g/mol. The average molecular weight is 367 g/mol. The lowest BCUT2D eigenvalue weighted by atomic mass is 9.76. The smallest absolute Gasteiger partial charge is 0.308 e. The standard InChI is InChI=1S/C18H33N5O3/c1-2-3-12-4-5-14(13(10-12)18(25)26)20-17(24)15-6-7-16(22-21-15)23-9-8-19-11-23/h12-16,19,21-22H,2-11H2,1H3,(H,20,24)(H,25,26). The van der Waals surface area contributed by atoms with Crippen molar-refractivity contribution in [3.8, 4) is 0 Å². The van der Waals surface area contributed by atoms with Crippen molar-refractivity contribution in [2.45, 2.75) is 70.1 Å². The summed E-state index contributed by atoms with van der Waals surface area (Å²) in [5.41, 5.74) is 6.38. The fraction of sp³-hybridized carbons (Fsp3) is 0.889. The number of carboxylic acids is 1. The minimum atomic E-state index is -0.785. The average Bonchev–Trinajstić information content (AvgIpc) is 3.18. The minimum Gasteiger partial charge on any atom is -0.481 e. The summed E-state index contributed by atoms with van der Waals surface area (Å²) in [6, 6.07) is -0.556. The number of carboxylic acid groups (broad SMARTS) is 1. The van der Waals surface area contributed by atoms with E-state index in [2.05, 4.69) is 33.3 Å². The molecule has 2 aliphatic heterocycles. The molecule has 1 aliphatic carbocycles. The van der Waals surface area contributed by atoms with Gasteiger partial charge in [0.1, 0.15) is 6.04 Å². The molecule has 26 heavy (non-hydrogen) atoms. The molecular weight excluding hydrogens is 334 g/mol. The summed E-state index contributed by atoms with van der Waals surface area (Å²) in [6.07, 6.45) is 6.49. The molecule has 0 radical (unpaired) electrons. The maximum absolute atomic E-state index is 12.6. The van der Waals surface area contributed by atoms with Gasteiger partial charge in [-0.15, -0.1) is 0 Å². The van der Waals surface area contributed by atoms with E-state index in [1.165, 1.54) is 0 Å². The van der Waals surface area contributed by atoms with Crippen LogP contribution in [0.5, 0.6) is 0 Å². The van der Waals surface area contributed by atoms with Crippen LogP contribution in [0, 0.1) is 11.8 Å². The lowest BCUT2D eigenvalue weighted by Gasteiger charge is -2.38. The second-order valence-corrected chi connectivity index (χ2v) is 7.93.